The summed E-state index contributed by atoms with van der Waals surface area (Å²) in [6.07, 6.45) is 4.96. The van der Waals surface area contributed by atoms with Crippen LogP contribution in [0.1, 0.15) is 20.3 Å². The molecule has 1 heterocycles. The van der Waals surface area contributed by atoms with Gasteiger partial charge in [-0.3, -0.25) is 4.68 Å². The maximum atomic E-state index is 8.55. The Morgan fingerprint density at radius 2 is 2.29 bits per heavy atom. The van der Waals surface area contributed by atoms with E-state index in [0.717, 1.165) is 18.7 Å². The van der Waals surface area contributed by atoms with Gasteiger partial charge < -0.3 is 15.2 Å². The molecule has 0 spiro atoms. The Hall–Kier alpha value is -1.07. The summed E-state index contributed by atoms with van der Waals surface area (Å²) < 4.78 is 7.02. The molecule has 0 saturated carbocycles. The third kappa shape index (κ3) is 6.28. The van der Waals surface area contributed by atoms with E-state index in [-0.39, 0.29) is 6.61 Å². The summed E-state index contributed by atoms with van der Waals surface area (Å²) in [7, 11) is 0. The molecule has 1 rings (SSSR count). The lowest BCUT2D eigenvalue weighted by Gasteiger charge is -2.05. The molecule has 0 bridgehead atoms. The van der Waals surface area contributed by atoms with Crippen molar-refractivity contribution in [2.45, 2.75) is 26.8 Å². The fourth-order valence-corrected chi connectivity index (χ4v) is 1.41. The predicted octanol–water partition coefficient (Wildman–Crippen LogP) is 1.35. The monoisotopic (exact) mass is 241 g/mol. The maximum absolute atomic E-state index is 8.55. The second-order valence-corrected chi connectivity index (χ2v) is 4.44. The van der Waals surface area contributed by atoms with Crippen LogP contribution in [0.4, 0.5) is 5.69 Å². The van der Waals surface area contributed by atoms with Crippen LogP contribution in [0.2, 0.25) is 0 Å². The molecule has 0 amide bonds. The second-order valence-electron chi connectivity index (χ2n) is 4.44. The molecule has 2 N–H and O–H groups in total. The fourth-order valence-electron chi connectivity index (χ4n) is 1.41. The molecule has 1 aromatic rings. The highest BCUT2D eigenvalue weighted by molar-refractivity contribution is 5.37. The Morgan fingerprint density at radius 1 is 1.47 bits per heavy atom. The average Bonchev–Trinajstić information content (AvgIpc) is 2.72. The quantitative estimate of drug-likeness (QED) is 0.641. The van der Waals surface area contributed by atoms with Crippen molar-refractivity contribution in [2.24, 2.45) is 5.92 Å². The summed E-state index contributed by atoms with van der Waals surface area (Å²) in [6, 6.07) is 0. The van der Waals surface area contributed by atoms with E-state index in [0.29, 0.717) is 25.7 Å². The van der Waals surface area contributed by atoms with Crippen LogP contribution in [-0.2, 0) is 11.3 Å². The summed E-state index contributed by atoms with van der Waals surface area (Å²) in [4.78, 5) is 0. The van der Waals surface area contributed by atoms with Crippen LogP contribution < -0.4 is 5.32 Å². The summed E-state index contributed by atoms with van der Waals surface area (Å²) in [5, 5.41) is 16.1. The van der Waals surface area contributed by atoms with Gasteiger partial charge in [0.05, 0.1) is 38.2 Å². The predicted molar refractivity (Wildman–Crippen MR) is 68.1 cm³/mol. The molecule has 0 fully saturated rings. The van der Waals surface area contributed by atoms with E-state index in [1.54, 1.807) is 0 Å². The van der Waals surface area contributed by atoms with Gasteiger partial charge in [-0.15, -0.1) is 0 Å². The molecule has 5 heteroatoms. The van der Waals surface area contributed by atoms with Crippen molar-refractivity contribution in [3.63, 3.8) is 0 Å². The highest BCUT2D eigenvalue weighted by Gasteiger charge is 1.99. The lowest BCUT2D eigenvalue weighted by molar-refractivity contribution is 0.0854. The van der Waals surface area contributed by atoms with Gasteiger partial charge in [0.1, 0.15) is 0 Å². The molecule has 98 valence electrons. The minimum Gasteiger partial charge on any atom is -0.394 e. The first-order valence-electron chi connectivity index (χ1n) is 6.17. The van der Waals surface area contributed by atoms with Gasteiger partial charge in [-0.05, 0) is 12.3 Å². The molecule has 0 aliphatic carbocycles. The third-order valence-electron chi connectivity index (χ3n) is 2.38. The number of hydrogen-bond acceptors (Lipinski definition) is 4. The summed E-state index contributed by atoms with van der Waals surface area (Å²) in [6.45, 7) is 7.15. The molecule has 0 aliphatic rings. The average molecular weight is 241 g/mol. The summed E-state index contributed by atoms with van der Waals surface area (Å²) >= 11 is 0. The van der Waals surface area contributed by atoms with Crippen molar-refractivity contribution in [1.82, 2.24) is 9.78 Å². The Balaban J connectivity index is 2.18. The van der Waals surface area contributed by atoms with Crippen LogP contribution >= 0.6 is 0 Å². The molecule has 0 aromatic carbocycles. The van der Waals surface area contributed by atoms with Gasteiger partial charge in [-0.25, -0.2) is 0 Å². The van der Waals surface area contributed by atoms with E-state index in [1.165, 1.54) is 0 Å². The number of aromatic nitrogens is 2. The van der Waals surface area contributed by atoms with E-state index in [4.69, 9.17) is 9.84 Å². The van der Waals surface area contributed by atoms with Crippen LogP contribution in [0.3, 0.4) is 0 Å². The number of rotatable bonds is 9. The lowest BCUT2D eigenvalue weighted by Crippen LogP contribution is -2.08. The molecular weight excluding hydrogens is 218 g/mol. The number of ether oxygens (including phenoxy) is 1. The van der Waals surface area contributed by atoms with Gasteiger partial charge in [0.2, 0.25) is 0 Å². The van der Waals surface area contributed by atoms with Gasteiger partial charge in [0, 0.05) is 12.7 Å². The van der Waals surface area contributed by atoms with Crippen LogP contribution in [0.15, 0.2) is 12.4 Å². The summed E-state index contributed by atoms with van der Waals surface area (Å²) in [5.74, 6) is 0.712. The number of aliphatic hydroxyl groups excluding tert-OH is 1. The largest absolute Gasteiger partial charge is 0.394 e. The van der Waals surface area contributed by atoms with E-state index >= 15 is 0 Å². The molecule has 0 aliphatic heterocycles. The minimum atomic E-state index is 0.0706. The number of aliphatic hydroxyl groups is 1. The molecule has 1 aromatic heterocycles. The van der Waals surface area contributed by atoms with Crippen molar-refractivity contribution >= 4 is 5.69 Å². The first-order chi connectivity index (χ1) is 8.22. The van der Waals surface area contributed by atoms with Crippen LogP contribution in [0.25, 0.3) is 0 Å². The lowest BCUT2D eigenvalue weighted by atomic mass is 10.1. The third-order valence-corrected chi connectivity index (χ3v) is 2.38. The number of anilines is 1. The minimum absolute atomic E-state index is 0.0706. The number of nitrogens with zero attached hydrogens (tertiary/aromatic N) is 2. The number of hydrogen-bond donors (Lipinski definition) is 2. The molecule has 0 atom stereocenters. The van der Waals surface area contributed by atoms with Gasteiger partial charge >= 0.3 is 0 Å². The standard InChI is InChI=1S/C12H23N3O2/c1-11(2)3-4-13-12-9-14-15(10-12)5-7-17-8-6-16/h9-11,13,16H,3-8H2,1-2H3. The van der Waals surface area contributed by atoms with Gasteiger partial charge in [-0.2, -0.15) is 5.10 Å². The van der Waals surface area contributed by atoms with Crippen LogP contribution in [0.5, 0.6) is 0 Å². The Labute approximate surface area is 103 Å². The smallest absolute Gasteiger partial charge is 0.0726 e. The van der Waals surface area contributed by atoms with Gasteiger partial charge in [0.15, 0.2) is 0 Å². The maximum Gasteiger partial charge on any atom is 0.0726 e. The Bertz CT molecular complexity index is 300. The first kappa shape index (κ1) is 14.0. The molecule has 0 unspecified atom stereocenters. The molecule has 0 saturated heterocycles. The highest BCUT2D eigenvalue weighted by Crippen LogP contribution is 2.06. The molecule has 17 heavy (non-hydrogen) atoms. The molecule has 0 radical (unpaired) electrons. The molecular formula is C12H23N3O2. The zero-order valence-corrected chi connectivity index (χ0v) is 10.7. The normalized spacial score (nSPS) is 11.1. The van der Waals surface area contributed by atoms with E-state index in [9.17, 15) is 0 Å². The summed E-state index contributed by atoms with van der Waals surface area (Å²) in [5.41, 5.74) is 1.05. The van der Waals surface area contributed by atoms with Crippen LogP contribution in [-0.4, -0.2) is 41.3 Å². The Morgan fingerprint density at radius 3 is 3.00 bits per heavy atom. The van der Waals surface area contributed by atoms with E-state index < -0.39 is 0 Å². The fraction of sp³-hybridized carbons (Fsp3) is 0.750. The van der Waals surface area contributed by atoms with Gasteiger partial charge in [-0.1, -0.05) is 13.8 Å². The van der Waals surface area contributed by atoms with Crippen molar-refractivity contribution in [3.05, 3.63) is 12.4 Å². The Kier molecular flexibility index (Phi) is 6.65. The van der Waals surface area contributed by atoms with E-state index in [2.05, 4.69) is 24.3 Å². The topological polar surface area (TPSA) is 59.3 Å². The zero-order valence-electron chi connectivity index (χ0n) is 10.7. The highest BCUT2D eigenvalue weighted by atomic mass is 16.5. The SMILES string of the molecule is CC(C)CCNc1cnn(CCOCCO)c1. The van der Waals surface area contributed by atoms with Crippen molar-refractivity contribution in [1.29, 1.82) is 0 Å². The second kappa shape index (κ2) is 8.08. The van der Waals surface area contributed by atoms with Crippen molar-refractivity contribution in [2.75, 3.05) is 31.7 Å². The van der Waals surface area contributed by atoms with Crippen LogP contribution in [0, 0.1) is 5.92 Å². The van der Waals surface area contributed by atoms with E-state index in [1.807, 2.05) is 17.1 Å². The van der Waals surface area contributed by atoms with Gasteiger partial charge in [0.25, 0.3) is 0 Å². The van der Waals surface area contributed by atoms with Crippen molar-refractivity contribution in [3.8, 4) is 0 Å². The van der Waals surface area contributed by atoms with Crippen molar-refractivity contribution < 1.29 is 9.84 Å². The number of nitrogens with one attached hydrogen (secondary N) is 1. The zero-order chi connectivity index (χ0) is 12.5. The molecule has 5 nitrogen and oxygen atoms in total. The first-order valence-corrected chi connectivity index (χ1v) is 6.17.